The summed E-state index contributed by atoms with van der Waals surface area (Å²) in [5, 5.41) is 2.71. The van der Waals surface area contributed by atoms with E-state index < -0.39 is 22.0 Å². The Balaban J connectivity index is 2.06. The second-order valence-electron chi connectivity index (χ2n) is 5.30. The molecule has 8 heteroatoms. The second kappa shape index (κ2) is 5.69. The van der Waals surface area contributed by atoms with E-state index in [1.54, 1.807) is 6.92 Å². The third kappa shape index (κ3) is 3.76. The van der Waals surface area contributed by atoms with Crippen molar-refractivity contribution >= 4 is 15.9 Å². The van der Waals surface area contributed by atoms with Crippen LogP contribution in [0.3, 0.4) is 0 Å². The zero-order valence-electron chi connectivity index (χ0n) is 11.4. The molecule has 1 amide bonds. The topological polar surface area (TPSA) is 75.3 Å². The first kappa shape index (κ1) is 15.8. The van der Waals surface area contributed by atoms with Crippen LogP contribution in [-0.4, -0.2) is 26.4 Å². The lowest BCUT2D eigenvalue weighted by molar-refractivity contribution is -0.119. The highest BCUT2D eigenvalue weighted by Gasteiger charge is 2.34. The van der Waals surface area contributed by atoms with Crippen LogP contribution in [0.15, 0.2) is 29.2 Å². The number of benzene rings is 1. The Kier molecular flexibility index (Phi) is 4.29. The summed E-state index contributed by atoms with van der Waals surface area (Å²) < 4.78 is 51.4. The number of sulfonamides is 1. The Hall–Kier alpha value is -1.54. The number of rotatable bonds is 5. The summed E-state index contributed by atoms with van der Waals surface area (Å²) in [5.74, 6) is -0.113. The van der Waals surface area contributed by atoms with Gasteiger partial charge in [0, 0.05) is 18.5 Å². The molecule has 116 valence electrons. The highest BCUT2D eigenvalue weighted by molar-refractivity contribution is 7.89. The maximum atomic E-state index is 12.4. The molecule has 1 aliphatic rings. The number of carbonyl (C=O) groups is 1. The molecule has 1 aromatic rings. The summed E-state index contributed by atoms with van der Waals surface area (Å²) in [5.41, 5.74) is -0.850. The molecule has 2 N–H and O–H groups in total. The molecule has 21 heavy (non-hydrogen) atoms. The summed E-state index contributed by atoms with van der Waals surface area (Å²) >= 11 is 0. The number of hydrogen-bond acceptors (Lipinski definition) is 3. The van der Waals surface area contributed by atoms with Crippen LogP contribution in [0, 0.1) is 0 Å². The molecular weight excluding hydrogens is 302 g/mol. The third-order valence-electron chi connectivity index (χ3n) is 3.44. The van der Waals surface area contributed by atoms with Crippen LogP contribution in [0.1, 0.15) is 31.8 Å². The van der Waals surface area contributed by atoms with Crippen molar-refractivity contribution in [2.75, 3.05) is 6.54 Å². The molecule has 0 aliphatic carbocycles. The summed E-state index contributed by atoms with van der Waals surface area (Å²) in [4.78, 5) is 11.1. The number of carbonyl (C=O) groups excluding carboxylic acids is 1. The van der Waals surface area contributed by atoms with Crippen molar-refractivity contribution in [3.05, 3.63) is 29.8 Å². The molecule has 5 nitrogen and oxygen atoms in total. The first-order valence-electron chi connectivity index (χ1n) is 6.41. The zero-order chi connectivity index (χ0) is 15.7. The van der Waals surface area contributed by atoms with E-state index in [1.807, 2.05) is 0 Å². The summed E-state index contributed by atoms with van der Waals surface area (Å²) in [6, 6.07) is 4.44. The van der Waals surface area contributed by atoms with Crippen molar-refractivity contribution in [3.8, 4) is 0 Å². The lowest BCUT2D eigenvalue weighted by Crippen LogP contribution is -2.48. The van der Waals surface area contributed by atoms with Crippen LogP contribution in [0.25, 0.3) is 0 Å². The lowest BCUT2D eigenvalue weighted by Gasteiger charge is -2.24. The Bertz CT molecular complexity index is 631. The van der Waals surface area contributed by atoms with Crippen molar-refractivity contribution in [3.63, 3.8) is 0 Å². The molecule has 1 atom stereocenters. The number of nitrogens with one attached hydrogen (secondary N) is 2. The van der Waals surface area contributed by atoms with E-state index in [2.05, 4.69) is 10.0 Å². The van der Waals surface area contributed by atoms with Crippen molar-refractivity contribution in [2.24, 2.45) is 0 Å². The predicted octanol–water partition coefficient (Wildman–Crippen LogP) is 1.57. The Labute approximate surface area is 121 Å². The Morgan fingerprint density at radius 1 is 1.33 bits per heavy atom. The first-order valence-corrected chi connectivity index (χ1v) is 7.89. The van der Waals surface area contributed by atoms with Gasteiger partial charge < -0.3 is 5.32 Å². The first-order chi connectivity index (χ1) is 9.72. The van der Waals surface area contributed by atoms with E-state index in [1.165, 1.54) is 0 Å². The van der Waals surface area contributed by atoms with E-state index in [4.69, 9.17) is 0 Å². The number of halogens is 2. The SMILES string of the molecule is CC1(CNS(=O)(=O)c2ccc(C(F)F)cc2)CCC(=O)N1. The van der Waals surface area contributed by atoms with Gasteiger partial charge in [-0.05, 0) is 25.5 Å². The minimum absolute atomic E-state index is 0.0532. The van der Waals surface area contributed by atoms with Gasteiger partial charge in [0.2, 0.25) is 15.9 Å². The molecule has 2 rings (SSSR count). The van der Waals surface area contributed by atoms with Gasteiger partial charge in [0.25, 0.3) is 6.43 Å². The van der Waals surface area contributed by atoms with E-state index in [9.17, 15) is 22.0 Å². The fourth-order valence-electron chi connectivity index (χ4n) is 2.11. The van der Waals surface area contributed by atoms with Gasteiger partial charge in [-0.1, -0.05) is 12.1 Å². The summed E-state index contributed by atoms with van der Waals surface area (Å²) in [7, 11) is -3.79. The van der Waals surface area contributed by atoms with Gasteiger partial charge in [-0.25, -0.2) is 21.9 Å². The molecule has 0 radical (unpaired) electrons. The van der Waals surface area contributed by atoms with Gasteiger partial charge in [-0.3, -0.25) is 4.79 Å². The quantitative estimate of drug-likeness (QED) is 0.865. The molecule has 1 saturated heterocycles. The molecule has 0 bridgehead atoms. The molecule has 0 spiro atoms. The average Bonchev–Trinajstić information content (AvgIpc) is 2.77. The molecule has 1 aliphatic heterocycles. The fourth-order valence-corrected chi connectivity index (χ4v) is 3.28. The van der Waals surface area contributed by atoms with Crippen molar-refractivity contribution in [1.29, 1.82) is 0 Å². The van der Waals surface area contributed by atoms with Gasteiger partial charge in [-0.2, -0.15) is 0 Å². The minimum atomic E-state index is -3.79. The molecule has 1 heterocycles. The minimum Gasteiger partial charge on any atom is -0.350 e. The maximum absolute atomic E-state index is 12.4. The Morgan fingerprint density at radius 2 is 1.95 bits per heavy atom. The van der Waals surface area contributed by atoms with Crippen LogP contribution >= 0.6 is 0 Å². The Morgan fingerprint density at radius 3 is 2.43 bits per heavy atom. The van der Waals surface area contributed by atoms with Crippen molar-refractivity contribution in [2.45, 2.75) is 36.6 Å². The van der Waals surface area contributed by atoms with E-state index >= 15 is 0 Å². The molecule has 0 saturated carbocycles. The monoisotopic (exact) mass is 318 g/mol. The standard InChI is InChI=1S/C13H16F2N2O3S/c1-13(7-6-11(18)17-13)8-16-21(19,20)10-4-2-9(3-5-10)12(14)15/h2-5,12,16H,6-8H2,1H3,(H,17,18). The third-order valence-corrected chi connectivity index (χ3v) is 4.86. The molecule has 0 aromatic heterocycles. The second-order valence-corrected chi connectivity index (χ2v) is 7.07. The summed E-state index contributed by atoms with van der Waals surface area (Å²) in [6.45, 7) is 1.80. The van der Waals surface area contributed by atoms with Crippen LogP contribution in [-0.2, 0) is 14.8 Å². The van der Waals surface area contributed by atoms with Gasteiger partial charge >= 0.3 is 0 Å². The van der Waals surface area contributed by atoms with Gasteiger partial charge in [0.05, 0.1) is 10.4 Å². The molecule has 1 fully saturated rings. The predicted molar refractivity (Wildman–Crippen MR) is 72.4 cm³/mol. The number of amides is 1. The van der Waals surface area contributed by atoms with Gasteiger partial charge in [0.15, 0.2) is 0 Å². The van der Waals surface area contributed by atoms with Crippen LogP contribution in [0.2, 0.25) is 0 Å². The van der Waals surface area contributed by atoms with Crippen LogP contribution in [0.5, 0.6) is 0 Å². The number of alkyl halides is 2. The lowest BCUT2D eigenvalue weighted by atomic mass is 10.0. The normalized spacial score (nSPS) is 22.6. The highest BCUT2D eigenvalue weighted by Crippen LogP contribution is 2.22. The van der Waals surface area contributed by atoms with Crippen LogP contribution < -0.4 is 10.0 Å². The molecule has 1 unspecified atom stereocenters. The van der Waals surface area contributed by atoms with E-state index in [0.29, 0.717) is 12.8 Å². The van der Waals surface area contributed by atoms with Gasteiger partial charge in [-0.15, -0.1) is 0 Å². The van der Waals surface area contributed by atoms with E-state index in [0.717, 1.165) is 24.3 Å². The van der Waals surface area contributed by atoms with Gasteiger partial charge in [0.1, 0.15) is 0 Å². The summed E-state index contributed by atoms with van der Waals surface area (Å²) in [6.07, 6.45) is -1.73. The van der Waals surface area contributed by atoms with Crippen molar-refractivity contribution in [1.82, 2.24) is 10.0 Å². The smallest absolute Gasteiger partial charge is 0.263 e. The number of hydrogen-bond donors (Lipinski definition) is 2. The largest absolute Gasteiger partial charge is 0.350 e. The maximum Gasteiger partial charge on any atom is 0.263 e. The zero-order valence-corrected chi connectivity index (χ0v) is 12.2. The van der Waals surface area contributed by atoms with Crippen LogP contribution in [0.4, 0.5) is 8.78 Å². The van der Waals surface area contributed by atoms with E-state index in [-0.39, 0.29) is 22.9 Å². The fraction of sp³-hybridized carbons (Fsp3) is 0.462. The molecular formula is C13H16F2N2O3S. The van der Waals surface area contributed by atoms with Crippen molar-refractivity contribution < 1.29 is 22.0 Å². The molecule has 1 aromatic carbocycles. The average molecular weight is 318 g/mol. The highest BCUT2D eigenvalue weighted by atomic mass is 32.2.